The summed E-state index contributed by atoms with van der Waals surface area (Å²) in [6, 6.07) is 9.43. The van der Waals surface area contributed by atoms with Crippen molar-refractivity contribution in [2.24, 2.45) is 5.73 Å². The first-order chi connectivity index (χ1) is 7.77. The molecule has 0 saturated carbocycles. The number of nitrogens with zero attached hydrogens (tertiary/aromatic N) is 1. The first-order valence-corrected chi connectivity index (χ1v) is 5.20. The second-order valence-corrected chi connectivity index (χ2v) is 3.69. The third kappa shape index (κ3) is 2.38. The summed E-state index contributed by atoms with van der Waals surface area (Å²) in [5, 5.41) is 7.01. The zero-order valence-corrected chi connectivity index (χ0v) is 9.33. The van der Waals surface area contributed by atoms with Gasteiger partial charge in [0.05, 0.1) is 6.54 Å². The van der Waals surface area contributed by atoms with Gasteiger partial charge in [0.15, 0.2) is 0 Å². The minimum absolute atomic E-state index is 0.378. The maximum absolute atomic E-state index is 5.62. The molecule has 2 rings (SSSR count). The van der Waals surface area contributed by atoms with E-state index < -0.39 is 0 Å². The number of nitrogens with two attached hydrogens (primary N) is 1. The second-order valence-electron chi connectivity index (χ2n) is 3.25. The van der Waals surface area contributed by atoms with Crippen LogP contribution in [0.4, 0.5) is 5.69 Å². The number of benzene rings is 1. The molecule has 1 aromatic heterocycles. The zero-order valence-electron chi connectivity index (χ0n) is 8.51. The van der Waals surface area contributed by atoms with Crippen molar-refractivity contribution >= 4 is 22.9 Å². The number of para-hydroxylation sites is 1. The molecule has 0 atom stereocenters. The fourth-order valence-corrected chi connectivity index (χ4v) is 1.54. The van der Waals surface area contributed by atoms with E-state index in [-0.39, 0.29) is 0 Å². The van der Waals surface area contributed by atoms with Crippen LogP contribution in [-0.4, -0.2) is 10.1 Å². The standard InChI is InChI=1S/C11H11N3OS/c12-11(16)9-3-1-2-4-10(9)13-7-8-5-6-15-14-8/h1-6,13H,7H2,(H2,12,16). The Morgan fingerprint density at radius 2 is 2.19 bits per heavy atom. The molecule has 2 aromatic rings. The fourth-order valence-electron chi connectivity index (χ4n) is 1.37. The van der Waals surface area contributed by atoms with Crippen LogP contribution in [0.2, 0.25) is 0 Å². The first-order valence-electron chi connectivity index (χ1n) is 4.79. The van der Waals surface area contributed by atoms with E-state index in [1.165, 1.54) is 6.26 Å². The monoisotopic (exact) mass is 233 g/mol. The number of nitrogens with one attached hydrogen (secondary N) is 1. The van der Waals surface area contributed by atoms with Crippen LogP contribution >= 0.6 is 12.2 Å². The van der Waals surface area contributed by atoms with Gasteiger partial charge < -0.3 is 15.6 Å². The summed E-state index contributed by atoms with van der Waals surface area (Å²) < 4.78 is 4.74. The van der Waals surface area contributed by atoms with Gasteiger partial charge in [0.25, 0.3) is 0 Å². The Balaban J connectivity index is 2.12. The smallest absolute Gasteiger partial charge is 0.124 e. The molecule has 0 fully saturated rings. The van der Waals surface area contributed by atoms with E-state index in [1.807, 2.05) is 24.3 Å². The van der Waals surface area contributed by atoms with Crippen molar-refractivity contribution in [3.63, 3.8) is 0 Å². The van der Waals surface area contributed by atoms with Crippen LogP contribution in [0.15, 0.2) is 41.1 Å². The molecule has 0 spiro atoms. The quantitative estimate of drug-likeness (QED) is 0.790. The molecule has 16 heavy (non-hydrogen) atoms. The highest BCUT2D eigenvalue weighted by Gasteiger charge is 2.04. The third-order valence-electron chi connectivity index (χ3n) is 2.14. The van der Waals surface area contributed by atoms with Gasteiger partial charge in [-0.15, -0.1) is 0 Å². The number of aromatic nitrogens is 1. The lowest BCUT2D eigenvalue weighted by atomic mass is 10.2. The van der Waals surface area contributed by atoms with Gasteiger partial charge in [-0.1, -0.05) is 29.5 Å². The number of anilines is 1. The molecular formula is C11H11N3OS. The Kier molecular flexibility index (Phi) is 3.16. The van der Waals surface area contributed by atoms with Gasteiger partial charge in [-0.2, -0.15) is 0 Å². The van der Waals surface area contributed by atoms with Crippen LogP contribution in [0.25, 0.3) is 0 Å². The number of thiocarbonyl (C=S) groups is 1. The van der Waals surface area contributed by atoms with Crippen molar-refractivity contribution < 1.29 is 4.52 Å². The van der Waals surface area contributed by atoms with Crippen molar-refractivity contribution in [3.8, 4) is 0 Å². The molecular weight excluding hydrogens is 222 g/mol. The largest absolute Gasteiger partial charge is 0.389 e. The van der Waals surface area contributed by atoms with Crippen molar-refractivity contribution in [1.82, 2.24) is 5.16 Å². The van der Waals surface area contributed by atoms with Crippen LogP contribution in [0.1, 0.15) is 11.3 Å². The van der Waals surface area contributed by atoms with Gasteiger partial charge >= 0.3 is 0 Å². The molecule has 5 heteroatoms. The molecule has 1 heterocycles. The van der Waals surface area contributed by atoms with E-state index in [9.17, 15) is 0 Å². The second kappa shape index (κ2) is 4.76. The highest BCUT2D eigenvalue weighted by Crippen LogP contribution is 2.15. The molecule has 0 aliphatic heterocycles. The van der Waals surface area contributed by atoms with Crippen molar-refractivity contribution in [2.45, 2.75) is 6.54 Å². The summed E-state index contributed by atoms with van der Waals surface area (Å²) in [5.41, 5.74) is 8.19. The molecule has 0 saturated heterocycles. The van der Waals surface area contributed by atoms with Crippen molar-refractivity contribution in [2.75, 3.05) is 5.32 Å². The average molecular weight is 233 g/mol. The number of hydrogen-bond acceptors (Lipinski definition) is 4. The molecule has 0 bridgehead atoms. The Bertz CT molecular complexity index is 482. The predicted molar refractivity (Wildman–Crippen MR) is 66.2 cm³/mol. The third-order valence-corrected chi connectivity index (χ3v) is 2.36. The fraction of sp³-hybridized carbons (Fsp3) is 0.0909. The summed E-state index contributed by atoms with van der Waals surface area (Å²) in [6.45, 7) is 0.579. The lowest BCUT2D eigenvalue weighted by Crippen LogP contribution is -2.13. The minimum Gasteiger partial charge on any atom is -0.389 e. The van der Waals surface area contributed by atoms with Gasteiger partial charge in [0, 0.05) is 17.3 Å². The van der Waals surface area contributed by atoms with E-state index in [4.69, 9.17) is 22.5 Å². The summed E-state index contributed by atoms with van der Waals surface area (Å²) in [4.78, 5) is 0.378. The van der Waals surface area contributed by atoms with Gasteiger partial charge in [-0.25, -0.2) is 0 Å². The predicted octanol–water partition coefficient (Wildman–Crippen LogP) is 1.92. The molecule has 0 aliphatic carbocycles. The van der Waals surface area contributed by atoms with E-state index in [0.717, 1.165) is 16.9 Å². The van der Waals surface area contributed by atoms with Gasteiger partial charge in [0.1, 0.15) is 16.9 Å². The van der Waals surface area contributed by atoms with Crippen LogP contribution in [0.5, 0.6) is 0 Å². The SMILES string of the molecule is NC(=S)c1ccccc1NCc1ccon1. The molecule has 1 aromatic carbocycles. The van der Waals surface area contributed by atoms with Crippen LogP contribution < -0.4 is 11.1 Å². The van der Waals surface area contributed by atoms with Gasteiger partial charge in [-0.05, 0) is 12.1 Å². The molecule has 0 radical (unpaired) electrons. The first kappa shape index (κ1) is 10.6. The molecule has 0 unspecified atom stereocenters. The van der Waals surface area contributed by atoms with E-state index >= 15 is 0 Å². The summed E-state index contributed by atoms with van der Waals surface area (Å²) in [6.07, 6.45) is 1.54. The van der Waals surface area contributed by atoms with Crippen LogP contribution in [-0.2, 0) is 6.54 Å². The lowest BCUT2D eigenvalue weighted by Gasteiger charge is -2.09. The van der Waals surface area contributed by atoms with Crippen molar-refractivity contribution in [1.29, 1.82) is 0 Å². The Morgan fingerprint density at radius 3 is 2.88 bits per heavy atom. The molecule has 3 N–H and O–H groups in total. The normalized spacial score (nSPS) is 10.0. The lowest BCUT2D eigenvalue weighted by molar-refractivity contribution is 0.412. The maximum Gasteiger partial charge on any atom is 0.124 e. The van der Waals surface area contributed by atoms with E-state index in [2.05, 4.69) is 10.5 Å². The summed E-state index contributed by atoms with van der Waals surface area (Å²) in [7, 11) is 0. The summed E-state index contributed by atoms with van der Waals surface area (Å²) in [5.74, 6) is 0. The van der Waals surface area contributed by atoms with Gasteiger partial charge in [-0.3, -0.25) is 0 Å². The molecule has 4 nitrogen and oxygen atoms in total. The zero-order chi connectivity index (χ0) is 11.4. The Labute approximate surface area is 98.4 Å². The van der Waals surface area contributed by atoms with Crippen LogP contribution in [0, 0.1) is 0 Å². The highest BCUT2D eigenvalue weighted by atomic mass is 32.1. The topological polar surface area (TPSA) is 64.1 Å². The number of rotatable bonds is 4. The number of hydrogen-bond donors (Lipinski definition) is 2. The van der Waals surface area contributed by atoms with Gasteiger partial charge in [0.2, 0.25) is 0 Å². The minimum atomic E-state index is 0.378. The highest BCUT2D eigenvalue weighted by molar-refractivity contribution is 7.80. The van der Waals surface area contributed by atoms with Crippen LogP contribution in [0.3, 0.4) is 0 Å². The molecule has 82 valence electrons. The molecule has 0 amide bonds. The molecule has 0 aliphatic rings. The maximum atomic E-state index is 5.62. The van der Waals surface area contributed by atoms with E-state index in [1.54, 1.807) is 6.07 Å². The Morgan fingerprint density at radius 1 is 1.38 bits per heavy atom. The average Bonchev–Trinajstić information content (AvgIpc) is 2.79. The van der Waals surface area contributed by atoms with E-state index in [0.29, 0.717) is 11.5 Å². The summed E-state index contributed by atoms with van der Waals surface area (Å²) >= 11 is 4.97. The Hall–Kier alpha value is -1.88. The van der Waals surface area contributed by atoms with Crippen molar-refractivity contribution in [3.05, 3.63) is 47.9 Å².